The van der Waals surface area contributed by atoms with Gasteiger partial charge in [-0.3, -0.25) is 14.4 Å². The zero-order valence-electron chi connectivity index (χ0n) is 45.6. The maximum atomic E-state index is 12.9. The summed E-state index contributed by atoms with van der Waals surface area (Å²) in [4.78, 5) is 38.2. The number of esters is 3. The van der Waals surface area contributed by atoms with Crippen LogP contribution < -0.4 is 0 Å². The number of unbranched alkanes of at least 4 members (excludes halogenated alkanes) is 30. The minimum Gasteiger partial charge on any atom is -0.462 e. The van der Waals surface area contributed by atoms with E-state index >= 15 is 0 Å². The Morgan fingerprint density at radius 1 is 0.304 bits per heavy atom. The molecule has 6 nitrogen and oxygen atoms in total. The third-order valence-electron chi connectivity index (χ3n) is 12.7. The molecule has 0 amide bonds. The van der Waals surface area contributed by atoms with Crippen molar-refractivity contribution in [3.63, 3.8) is 0 Å². The predicted octanol–water partition coefficient (Wildman–Crippen LogP) is 19.8. The first-order valence-corrected chi connectivity index (χ1v) is 29.4. The Bertz CT molecular complexity index is 1290. The van der Waals surface area contributed by atoms with Crippen molar-refractivity contribution in [2.24, 2.45) is 0 Å². The smallest absolute Gasteiger partial charge is 0.306 e. The van der Waals surface area contributed by atoms with E-state index in [9.17, 15) is 14.4 Å². The van der Waals surface area contributed by atoms with E-state index < -0.39 is 6.10 Å². The van der Waals surface area contributed by atoms with Gasteiger partial charge in [-0.2, -0.15) is 0 Å². The van der Waals surface area contributed by atoms with Crippen molar-refractivity contribution in [3.8, 4) is 0 Å². The molecule has 0 aromatic rings. The molecule has 69 heavy (non-hydrogen) atoms. The van der Waals surface area contributed by atoms with Crippen molar-refractivity contribution >= 4 is 17.9 Å². The second-order valence-corrected chi connectivity index (χ2v) is 19.5. The van der Waals surface area contributed by atoms with Crippen molar-refractivity contribution < 1.29 is 28.6 Å². The van der Waals surface area contributed by atoms with Crippen LogP contribution in [0.25, 0.3) is 0 Å². The molecule has 0 spiro atoms. The highest BCUT2D eigenvalue weighted by Gasteiger charge is 2.19. The fourth-order valence-electron chi connectivity index (χ4n) is 8.30. The molecule has 398 valence electrons. The Kier molecular flexibility index (Phi) is 54.8. The fourth-order valence-corrected chi connectivity index (χ4v) is 8.30. The molecule has 0 aliphatic rings. The lowest BCUT2D eigenvalue weighted by molar-refractivity contribution is -0.167. The zero-order chi connectivity index (χ0) is 50.0. The fraction of sp³-hybridized carbons (Fsp3) is 0.762. The summed E-state index contributed by atoms with van der Waals surface area (Å²) >= 11 is 0. The van der Waals surface area contributed by atoms with Crippen LogP contribution in [0.3, 0.4) is 0 Å². The maximum Gasteiger partial charge on any atom is 0.306 e. The van der Waals surface area contributed by atoms with E-state index in [0.29, 0.717) is 19.3 Å². The van der Waals surface area contributed by atoms with Gasteiger partial charge in [0.15, 0.2) is 6.10 Å². The average Bonchev–Trinajstić information content (AvgIpc) is 3.35. The van der Waals surface area contributed by atoms with Gasteiger partial charge in [0.25, 0.3) is 0 Å². The van der Waals surface area contributed by atoms with Crippen LogP contribution in [0.4, 0.5) is 0 Å². The van der Waals surface area contributed by atoms with Crippen molar-refractivity contribution in [1.29, 1.82) is 0 Å². The number of carbonyl (C=O) groups excluding carboxylic acids is 3. The lowest BCUT2D eigenvalue weighted by Gasteiger charge is -2.18. The minimum atomic E-state index is -0.799. The largest absolute Gasteiger partial charge is 0.462 e. The summed E-state index contributed by atoms with van der Waals surface area (Å²) in [5.41, 5.74) is 0. The van der Waals surface area contributed by atoms with E-state index in [1.165, 1.54) is 167 Å². The van der Waals surface area contributed by atoms with Crippen LogP contribution in [0.5, 0.6) is 0 Å². The summed E-state index contributed by atoms with van der Waals surface area (Å²) in [7, 11) is 0. The van der Waals surface area contributed by atoms with Crippen molar-refractivity contribution in [2.45, 2.75) is 297 Å². The van der Waals surface area contributed by atoms with Gasteiger partial charge in [0.05, 0.1) is 0 Å². The second kappa shape index (κ2) is 57.4. The first-order valence-electron chi connectivity index (χ1n) is 29.4. The molecule has 1 atom stereocenters. The van der Waals surface area contributed by atoms with Gasteiger partial charge in [0.2, 0.25) is 0 Å². The van der Waals surface area contributed by atoms with Crippen LogP contribution in [0.15, 0.2) is 72.9 Å². The van der Waals surface area contributed by atoms with E-state index in [0.717, 1.165) is 77.0 Å². The zero-order valence-corrected chi connectivity index (χ0v) is 45.6. The monoisotopic (exact) mass is 963 g/mol. The molecule has 0 unspecified atom stereocenters. The van der Waals surface area contributed by atoms with Crippen molar-refractivity contribution in [2.75, 3.05) is 13.2 Å². The molecule has 0 heterocycles. The van der Waals surface area contributed by atoms with Gasteiger partial charge in [-0.05, 0) is 83.5 Å². The highest BCUT2D eigenvalue weighted by Crippen LogP contribution is 2.16. The molecule has 0 bridgehead atoms. The van der Waals surface area contributed by atoms with Crippen LogP contribution in [0.2, 0.25) is 0 Å². The first-order chi connectivity index (χ1) is 34.0. The summed E-state index contributed by atoms with van der Waals surface area (Å²) in [6.45, 7) is 6.49. The molecule has 0 saturated heterocycles. The Hall–Kier alpha value is -3.15. The average molecular weight is 964 g/mol. The van der Waals surface area contributed by atoms with E-state index in [4.69, 9.17) is 14.2 Å². The van der Waals surface area contributed by atoms with Gasteiger partial charge >= 0.3 is 17.9 Å². The summed E-state index contributed by atoms with van der Waals surface area (Å²) < 4.78 is 16.8. The third kappa shape index (κ3) is 55.6. The normalized spacial score (nSPS) is 12.6. The third-order valence-corrected chi connectivity index (χ3v) is 12.7. The standard InChI is InChI=1S/C63H110O6/c1-4-7-10-13-16-19-22-25-28-30-31-33-36-38-41-44-47-50-53-56-62(65)68-59-60(69-63(66)57-54-51-48-45-42-39-34-27-24-21-18-15-12-9-6-3)58-67-61(64)55-52-49-46-43-40-37-35-32-29-26-23-20-17-14-11-8-5-2/h8,11,17,20-21,24,26,29,35,37,43,46,60H,4-7,9-10,12-16,18-19,22-23,25,27-28,30-34,36,38-42,44-45,47-59H2,1-3H3/b11-8-,20-17-,24-21-,29-26-,37-35-,46-43-/t60-/m1/s1. The van der Waals surface area contributed by atoms with Crippen LogP contribution >= 0.6 is 0 Å². The van der Waals surface area contributed by atoms with E-state index in [-0.39, 0.29) is 37.5 Å². The van der Waals surface area contributed by atoms with Crippen LogP contribution in [-0.4, -0.2) is 37.2 Å². The number of ether oxygens (including phenoxy) is 3. The van der Waals surface area contributed by atoms with Gasteiger partial charge in [-0.15, -0.1) is 0 Å². The van der Waals surface area contributed by atoms with Gasteiger partial charge in [0, 0.05) is 19.3 Å². The molecule has 0 aromatic carbocycles. The predicted molar refractivity (Wildman–Crippen MR) is 298 cm³/mol. The molecule has 0 aliphatic carbocycles. The van der Waals surface area contributed by atoms with Gasteiger partial charge in [-0.25, -0.2) is 0 Å². The number of allylic oxidation sites excluding steroid dienone is 12. The lowest BCUT2D eigenvalue weighted by Crippen LogP contribution is -2.30. The molecule has 0 aliphatic heterocycles. The summed E-state index contributed by atoms with van der Waals surface area (Å²) in [6.07, 6.45) is 73.3. The Morgan fingerprint density at radius 3 is 0.971 bits per heavy atom. The van der Waals surface area contributed by atoms with Crippen LogP contribution in [0, 0.1) is 0 Å². The van der Waals surface area contributed by atoms with Crippen molar-refractivity contribution in [1.82, 2.24) is 0 Å². The summed E-state index contributed by atoms with van der Waals surface area (Å²) in [5, 5.41) is 0. The minimum absolute atomic E-state index is 0.0922. The quantitative estimate of drug-likeness (QED) is 0.0262. The molecule has 0 saturated carbocycles. The topological polar surface area (TPSA) is 78.9 Å². The second-order valence-electron chi connectivity index (χ2n) is 19.5. The van der Waals surface area contributed by atoms with Crippen LogP contribution in [-0.2, 0) is 28.6 Å². The Morgan fingerprint density at radius 2 is 0.580 bits per heavy atom. The van der Waals surface area contributed by atoms with E-state index in [2.05, 4.69) is 93.7 Å². The molecular formula is C63H110O6. The Labute approximate surface area is 427 Å². The molecule has 6 heteroatoms. The lowest BCUT2D eigenvalue weighted by atomic mass is 10.0. The number of hydrogen-bond donors (Lipinski definition) is 0. The maximum absolute atomic E-state index is 12.9. The summed E-state index contributed by atoms with van der Waals surface area (Å²) in [5.74, 6) is -0.946. The number of rotatable bonds is 53. The highest BCUT2D eigenvalue weighted by atomic mass is 16.6. The molecule has 0 rings (SSSR count). The van der Waals surface area contributed by atoms with Gasteiger partial charge < -0.3 is 14.2 Å². The number of hydrogen-bond acceptors (Lipinski definition) is 6. The van der Waals surface area contributed by atoms with Gasteiger partial charge in [0.1, 0.15) is 13.2 Å². The van der Waals surface area contributed by atoms with Crippen LogP contribution in [0.1, 0.15) is 290 Å². The molecule has 0 radical (unpaired) electrons. The van der Waals surface area contributed by atoms with E-state index in [1.54, 1.807) is 0 Å². The van der Waals surface area contributed by atoms with E-state index in [1.807, 2.05) is 0 Å². The van der Waals surface area contributed by atoms with Crippen molar-refractivity contribution in [3.05, 3.63) is 72.9 Å². The Balaban J connectivity index is 4.42. The molecule has 0 N–H and O–H groups in total. The molecular weight excluding hydrogens is 853 g/mol. The van der Waals surface area contributed by atoms with Gasteiger partial charge in [-0.1, -0.05) is 261 Å². The summed E-state index contributed by atoms with van der Waals surface area (Å²) in [6, 6.07) is 0. The first kappa shape index (κ1) is 65.8. The molecule has 0 aromatic heterocycles. The highest BCUT2D eigenvalue weighted by molar-refractivity contribution is 5.71. The number of carbonyl (C=O) groups is 3. The molecule has 0 fully saturated rings. The SMILES string of the molecule is CC/C=C\C/C=C\C/C=C\C/C=C\C/C=C\CCCC(=O)OC[C@H](COC(=O)CCCCCCCCCCCCCCCCCCCCC)OC(=O)CCCCCCCCC/C=C\CCCCCC.